The molecule has 1 atom stereocenters. The molecule has 2 aromatic carbocycles. The molecular formula is C18H16Cl2N2O2. The van der Waals surface area contributed by atoms with E-state index in [2.05, 4.69) is 5.32 Å². The summed E-state index contributed by atoms with van der Waals surface area (Å²) in [7, 11) is 0. The number of anilines is 2. The first-order chi connectivity index (χ1) is 11.4. The first-order valence-corrected chi connectivity index (χ1v) is 8.28. The summed E-state index contributed by atoms with van der Waals surface area (Å²) in [5, 5.41) is 3.89. The van der Waals surface area contributed by atoms with Crippen LogP contribution >= 0.6 is 23.2 Å². The van der Waals surface area contributed by atoms with Crippen LogP contribution in [-0.2, 0) is 9.59 Å². The Kier molecular flexibility index (Phi) is 4.52. The Labute approximate surface area is 150 Å². The van der Waals surface area contributed by atoms with Crippen molar-refractivity contribution in [2.24, 2.45) is 0 Å². The molecule has 4 nitrogen and oxygen atoms in total. The number of aryl methyl sites for hydroxylation is 2. The highest BCUT2D eigenvalue weighted by Gasteiger charge is 2.40. The second kappa shape index (κ2) is 6.46. The Balaban J connectivity index is 1.86. The van der Waals surface area contributed by atoms with Crippen molar-refractivity contribution in [3.63, 3.8) is 0 Å². The van der Waals surface area contributed by atoms with E-state index >= 15 is 0 Å². The van der Waals surface area contributed by atoms with E-state index in [1.54, 1.807) is 12.1 Å². The van der Waals surface area contributed by atoms with Crippen molar-refractivity contribution < 1.29 is 9.59 Å². The van der Waals surface area contributed by atoms with Crippen molar-refractivity contribution in [2.45, 2.75) is 26.3 Å². The van der Waals surface area contributed by atoms with Crippen molar-refractivity contribution in [1.29, 1.82) is 0 Å². The molecule has 2 aromatic rings. The summed E-state index contributed by atoms with van der Waals surface area (Å²) in [5.41, 5.74) is 3.37. The van der Waals surface area contributed by atoms with Crippen molar-refractivity contribution in [2.75, 3.05) is 10.2 Å². The van der Waals surface area contributed by atoms with Crippen LogP contribution in [0.15, 0.2) is 36.4 Å². The summed E-state index contributed by atoms with van der Waals surface area (Å²) in [6.45, 7) is 3.97. The minimum Gasteiger partial charge on any atom is -0.373 e. The van der Waals surface area contributed by atoms with Gasteiger partial charge in [0.1, 0.15) is 6.04 Å². The summed E-state index contributed by atoms with van der Waals surface area (Å²) in [6.07, 6.45) is 0.0884. The van der Waals surface area contributed by atoms with Gasteiger partial charge >= 0.3 is 0 Å². The molecule has 1 heterocycles. The lowest BCUT2D eigenvalue weighted by molar-refractivity contribution is -0.121. The Morgan fingerprint density at radius 3 is 2.50 bits per heavy atom. The number of hydrogen-bond donors (Lipinski definition) is 1. The molecule has 0 spiro atoms. The van der Waals surface area contributed by atoms with E-state index in [1.165, 1.54) is 6.07 Å². The fourth-order valence-electron chi connectivity index (χ4n) is 2.82. The molecule has 2 amide bonds. The largest absolute Gasteiger partial charge is 0.373 e. The third kappa shape index (κ3) is 3.12. The predicted molar refractivity (Wildman–Crippen MR) is 96.9 cm³/mol. The minimum absolute atomic E-state index is 0.0884. The van der Waals surface area contributed by atoms with Gasteiger partial charge in [-0.15, -0.1) is 0 Å². The number of carbonyl (C=O) groups excluding carboxylic acids is 2. The van der Waals surface area contributed by atoms with Crippen LogP contribution in [0.4, 0.5) is 11.4 Å². The number of rotatable bonds is 3. The maximum absolute atomic E-state index is 12.7. The molecular weight excluding hydrogens is 347 g/mol. The molecule has 0 saturated carbocycles. The Bertz CT molecular complexity index is 836. The van der Waals surface area contributed by atoms with E-state index in [1.807, 2.05) is 32.0 Å². The highest BCUT2D eigenvalue weighted by Crippen LogP contribution is 2.33. The van der Waals surface area contributed by atoms with Crippen molar-refractivity contribution in [1.82, 2.24) is 0 Å². The standard InChI is InChI=1S/C18H16Cl2N2O2/c1-10-3-5-14(11(2)7-10)21-15-9-17(23)22(18(15)24)16-6-4-12(19)8-13(16)20/h3-8,15,21H,9H2,1-2H3/t15-/m0/s1. The van der Waals surface area contributed by atoms with Crippen molar-refractivity contribution >= 4 is 46.4 Å². The average molecular weight is 363 g/mol. The molecule has 124 valence electrons. The number of nitrogens with zero attached hydrogens (tertiary/aromatic N) is 1. The second-order valence-electron chi connectivity index (χ2n) is 5.88. The van der Waals surface area contributed by atoms with E-state index in [-0.39, 0.29) is 23.3 Å². The number of amides is 2. The third-order valence-electron chi connectivity index (χ3n) is 4.01. The maximum Gasteiger partial charge on any atom is 0.256 e. The van der Waals surface area contributed by atoms with Gasteiger partial charge in [-0.05, 0) is 43.7 Å². The fraction of sp³-hybridized carbons (Fsp3) is 0.222. The zero-order valence-electron chi connectivity index (χ0n) is 13.3. The lowest BCUT2D eigenvalue weighted by Gasteiger charge is -2.18. The first-order valence-electron chi connectivity index (χ1n) is 7.52. The van der Waals surface area contributed by atoms with Gasteiger partial charge in [0.25, 0.3) is 5.91 Å². The van der Waals surface area contributed by atoms with Gasteiger partial charge < -0.3 is 5.32 Å². The van der Waals surface area contributed by atoms with Gasteiger partial charge in [0, 0.05) is 10.7 Å². The molecule has 0 bridgehead atoms. The van der Waals surface area contributed by atoms with Crippen LogP contribution in [-0.4, -0.2) is 17.9 Å². The van der Waals surface area contributed by atoms with Gasteiger partial charge in [-0.1, -0.05) is 40.9 Å². The van der Waals surface area contributed by atoms with Crippen LogP contribution in [0.2, 0.25) is 10.0 Å². The molecule has 3 rings (SSSR count). The molecule has 1 aliphatic heterocycles. The van der Waals surface area contributed by atoms with Crippen LogP contribution in [0.3, 0.4) is 0 Å². The van der Waals surface area contributed by atoms with E-state index in [9.17, 15) is 9.59 Å². The summed E-state index contributed by atoms with van der Waals surface area (Å²) in [5.74, 6) is -0.601. The van der Waals surface area contributed by atoms with Gasteiger partial charge in [0.05, 0.1) is 17.1 Å². The van der Waals surface area contributed by atoms with Gasteiger partial charge in [0.15, 0.2) is 0 Å². The van der Waals surface area contributed by atoms with Crippen LogP contribution in [0, 0.1) is 13.8 Å². The molecule has 0 radical (unpaired) electrons. The quantitative estimate of drug-likeness (QED) is 0.825. The average Bonchev–Trinajstić information content (AvgIpc) is 2.77. The van der Waals surface area contributed by atoms with Gasteiger partial charge in [0.2, 0.25) is 5.91 Å². The van der Waals surface area contributed by atoms with Gasteiger partial charge in [-0.25, -0.2) is 4.90 Å². The molecule has 1 aliphatic rings. The third-order valence-corrected chi connectivity index (χ3v) is 4.55. The smallest absolute Gasteiger partial charge is 0.256 e. The number of benzene rings is 2. The Hall–Kier alpha value is -2.04. The van der Waals surface area contributed by atoms with Crippen molar-refractivity contribution in [3.05, 3.63) is 57.6 Å². The molecule has 0 aliphatic carbocycles. The lowest BCUT2D eigenvalue weighted by atomic mass is 10.1. The monoisotopic (exact) mass is 362 g/mol. The van der Waals surface area contributed by atoms with E-state index in [0.29, 0.717) is 10.7 Å². The lowest BCUT2D eigenvalue weighted by Crippen LogP contribution is -2.35. The van der Waals surface area contributed by atoms with Crippen LogP contribution in [0.1, 0.15) is 17.5 Å². The molecule has 0 unspecified atom stereocenters. The van der Waals surface area contributed by atoms with Gasteiger partial charge in [-0.3, -0.25) is 9.59 Å². The van der Waals surface area contributed by atoms with Crippen LogP contribution in [0.25, 0.3) is 0 Å². The summed E-state index contributed by atoms with van der Waals surface area (Å²) >= 11 is 12.0. The number of hydrogen-bond acceptors (Lipinski definition) is 3. The summed E-state index contributed by atoms with van der Waals surface area (Å²) < 4.78 is 0. The number of carbonyl (C=O) groups is 2. The second-order valence-corrected chi connectivity index (χ2v) is 6.73. The molecule has 24 heavy (non-hydrogen) atoms. The van der Waals surface area contributed by atoms with Crippen LogP contribution < -0.4 is 10.2 Å². The molecule has 1 fully saturated rings. The summed E-state index contributed by atoms with van der Waals surface area (Å²) in [4.78, 5) is 26.1. The van der Waals surface area contributed by atoms with Crippen molar-refractivity contribution in [3.8, 4) is 0 Å². The van der Waals surface area contributed by atoms with E-state index < -0.39 is 6.04 Å². The van der Waals surface area contributed by atoms with Crippen LogP contribution in [0.5, 0.6) is 0 Å². The molecule has 1 saturated heterocycles. The van der Waals surface area contributed by atoms with E-state index in [0.717, 1.165) is 21.7 Å². The fourth-order valence-corrected chi connectivity index (χ4v) is 3.32. The molecule has 6 heteroatoms. The normalized spacial score (nSPS) is 17.5. The predicted octanol–water partition coefficient (Wildman–Crippen LogP) is 4.35. The topological polar surface area (TPSA) is 49.4 Å². The zero-order valence-corrected chi connectivity index (χ0v) is 14.8. The highest BCUT2D eigenvalue weighted by atomic mass is 35.5. The number of halogens is 2. The van der Waals surface area contributed by atoms with E-state index in [4.69, 9.17) is 23.2 Å². The highest BCUT2D eigenvalue weighted by molar-refractivity contribution is 6.38. The Morgan fingerprint density at radius 1 is 1.08 bits per heavy atom. The van der Waals surface area contributed by atoms with Gasteiger partial charge in [-0.2, -0.15) is 0 Å². The molecule has 0 aromatic heterocycles. The Morgan fingerprint density at radius 2 is 1.83 bits per heavy atom. The number of imide groups is 1. The first kappa shape index (κ1) is 16.8. The summed E-state index contributed by atoms with van der Waals surface area (Å²) in [6, 6.07) is 10.0. The minimum atomic E-state index is -0.606. The number of nitrogens with one attached hydrogen (secondary N) is 1. The molecule has 1 N–H and O–H groups in total. The SMILES string of the molecule is Cc1ccc(N[C@H]2CC(=O)N(c3ccc(Cl)cc3Cl)C2=O)c(C)c1. The maximum atomic E-state index is 12.7. The zero-order chi connectivity index (χ0) is 17.4.